The molecule has 1 aromatic rings. The van der Waals surface area contributed by atoms with Crippen molar-refractivity contribution in [3.05, 3.63) is 24.0 Å². The summed E-state index contributed by atoms with van der Waals surface area (Å²) in [5, 5.41) is 8.19. The minimum Gasteiger partial charge on any atom is -0.367 e. The van der Waals surface area contributed by atoms with Crippen LogP contribution in [0.1, 0.15) is 31.2 Å². The Labute approximate surface area is 143 Å². The monoisotopic (exact) mass is 325 g/mol. The van der Waals surface area contributed by atoms with Crippen molar-refractivity contribution in [1.82, 2.24) is 9.88 Å². The molecule has 0 aliphatic carbocycles. The van der Waals surface area contributed by atoms with Gasteiger partial charge in [0.1, 0.15) is 0 Å². The first-order valence-corrected chi connectivity index (χ1v) is 8.44. The fourth-order valence-corrected chi connectivity index (χ4v) is 3.12. The molecule has 126 valence electrons. The first-order chi connectivity index (χ1) is 11.6. The number of hydrogen-bond acceptors (Lipinski definition) is 5. The van der Waals surface area contributed by atoms with Crippen molar-refractivity contribution in [1.29, 1.82) is 0 Å². The van der Waals surface area contributed by atoms with Gasteiger partial charge in [0.15, 0.2) is 5.66 Å². The smallest absolute Gasteiger partial charge is 0.222 e. The van der Waals surface area contributed by atoms with Gasteiger partial charge in [-0.2, -0.15) is 10.2 Å². The summed E-state index contributed by atoms with van der Waals surface area (Å²) in [5.74, 6) is 2.80. The highest BCUT2D eigenvalue weighted by atomic mass is 16.2. The Morgan fingerprint density at radius 2 is 2.04 bits per heavy atom. The van der Waals surface area contributed by atoms with Gasteiger partial charge in [0.05, 0.1) is 11.9 Å². The van der Waals surface area contributed by atoms with E-state index in [1.54, 1.807) is 0 Å². The lowest BCUT2D eigenvalue weighted by Crippen LogP contribution is -2.49. The Kier molecular flexibility index (Phi) is 4.79. The van der Waals surface area contributed by atoms with E-state index < -0.39 is 0 Å². The summed E-state index contributed by atoms with van der Waals surface area (Å²) in [7, 11) is 0. The second-order valence-corrected chi connectivity index (χ2v) is 6.42. The van der Waals surface area contributed by atoms with Gasteiger partial charge in [-0.15, -0.1) is 12.3 Å². The van der Waals surface area contributed by atoms with Gasteiger partial charge in [0.2, 0.25) is 5.91 Å². The molecule has 0 aromatic carbocycles. The Bertz CT molecular complexity index is 664. The van der Waals surface area contributed by atoms with Crippen LogP contribution in [0.2, 0.25) is 0 Å². The summed E-state index contributed by atoms with van der Waals surface area (Å²) in [6.07, 6.45) is 11.6. The average Bonchev–Trinajstić information content (AvgIpc) is 3.39. The number of carbonyl (C=O) groups excluding carboxylic acids is 1. The van der Waals surface area contributed by atoms with E-state index >= 15 is 0 Å². The van der Waals surface area contributed by atoms with Gasteiger partial charge in [0.25, 0.3) is 0 Å². The van der Waals surface area contributed by atoms with Crippen molar-refractivity contribution in [2.45, 2.75) is 38.3 Å². The molecule has 1 fully saturated rings. The topological polar surface area (TPSA) is 61.2 Å². The molecule has 2 aliphatic heterocycles. The van der Waals surface area contributed by atoms with E-state index in [1.165, 1.54) is 5.56 Å². The molecule has 1 aromatic heterocycles. The molecule has 0 saturated carbocycles. The summed E-state index contributed by atoms with van der Waals surface area (Å²) < 4.78 is 0. The third kappa shape index (κ3) is 3.73. The van der Waals surface area contributed by atoms with E-state index in [0.717, 1.165) is 38.3 Å². The first-order valence-electron chi connectivity index (χ1n) is 8.44. The third-order valence-corrected chi connectivity index (χ3v) is 4.78. The van der Waals surface area contributed by atoms with Crippen molar-refractivity contribution >= 4 is 11.6 Å². The zero-order valence-corrected chi connectivity index (χ0v) is 14.1. The van der Waals surface area contributed by atoms with Crippen LogP contribution < -0.4 is 4.90 Å². The van der Waals surface area contributed by atoms with Crippen LogP contribution in [0.5, 0.6) is 0 Å². The summed E-state index contributed by atoms with van der Waals surface area (Å²) >= 11 is 0. The highest BCUT2D eigenvalue weighted by Gasteiger charge is 2.39. The predicted octanol–water partition coefficient (Wildman–Crippen LogP) is 2.39. The van der Waals surface area contributed by atoms with E-state index in [4.69, 9.17) is 6.42 Å². The van der Waals surface area contributed by atoms with Gasteiger partial charge in [0, 0.05) is 58.1 Å². The number of rotatable bonds is 6. The van der Waals surface area contributed by atoms with E-state index in [0.29, 0.717) is 19.3 Å². The molecule has 3 heterocycles. The minimum absolute atomic E-state index is 0.190. The van der Waals surface area contributed by atoms with Crippen LogP contribution in [0.25, 0.3) is 0 Å². The van der Waals surface area contributed by atoms with Crippen LogP contribution >= 0.6 is 0 Å². The number of piperazine rings is 1. The second-order valence-electron chi connectivity index (χ2n) is 6.42. The van der Waals surface area contributed by atoms with E-state index in [-0.39, 0.29) is 11.6 Å². The maximum atomic E-state index is 12.4. The number of pyridine rings is 1. The van der Waals surface area contributed by atoms with E-state index in [1.807, 2.05) is 23.4 Å². The molecule has 1 saturated heterocycles. The highest BCUT2D eigenvalue weighted by molar-refractivity contribution is 5.76. The summed E-state index contributed by atoms with van der Waals surface area (Å²) in [5.41, 5.74) is 2.02. The van der Waals surface area contributed by atoms with Crippen molar-refractivity contribution in [3.8, 4) is 12.3 Å². The van der Waals surface area contributed by atoms with Crippen LogP contribution in [-0.4, -0.2) is 47.6 Å². The molecule has 3 rings (SSSR count). The maximum Gasteiger partial charge on any atom is 0.222 e. The molecular weight excluding hydrogens is 302 g/mol. The second kappa shape index (κ2) is 7.00. The number of nitrogens with zero attached hydrogens (tertiary/aromatic N) is 5. The lowest BCUT2D eigenvalue weighted by molar-refractivity contribution is -0.131. The van der Waals surface area contributed by atoms with Gasteiger partial charge in [-0.1, -0.05) is 0 Å². The summed E-state index contributed by atoms with van der Waals surface area (Å²) in [4.78, 5) is 20.9. The normalized spacial score (nSPS) is 18.3. The fourth-order valence-electron chi connectivity index (χ4n) is 3.12. The SMILES string of the molecule is C#CCCC1(CCC(=O)N2CCN(c3cnccc3C)CC2)N=N1. The number of aromatic nitrogens is 1. The van der Waals surface area contributed by atoms with E-state index in [9.17, 15) is 4.79 Å². The van der Waals surface area contributed by atoms with Crippen molar-refractivity contribution in [2.75, 3.05) is 31.1 Å². The van der Waals surface area contributed by atoms with Crippen molar-refractivity contribution < 1.29 is 4.79 Å². The quantitative estimate of drug-likeness (QED) is 0.755. The molecule has 0 radical (unpaired) electrons. The van der Waals surface area contributed by atoms with Gasteiger partial charge < -0.3 is 9.80 Å². The van der Waals surface area contributed by atoms with Crippen molar-refractivity contribution in [3.63, 3.8) is 0 Å². The van der Waals surface area contributed by atoms with Crippen LogP contribution in [0.4, 0.5) is 5.69 Å². The number of hydrogen-bond donors (Lipinski definition) is 0. The standard InChI is InChI=1S/C18H23N5O/c1-3-4-7-18(20-21-18)8-5-17(24)23-12-10-22(11-13-23)16-14-19-9-6-15(16)2/h1,6,9,14H,4-5,7-8,10-13H2,2H3. The molecular formula is C18H23N5O. The number of anilines is 1. The Morgan fingerprint density at radius 1 is 1.29 bits per heavy atom. The van der Waals surface area contributed by atoms with Crippen LogP contribution in [-0.2, 0) is 4.79 Å². The number of carbonyl (C=O) groups is 1. The Hall–Kier alpha value is -2.42. The van der Waals surface area contributed by atoms with Crippen LogP contribution in [0.15, 0.2) is 28.7 Å². The lowest BCUT2D eigenvalue weighted by atomic mass is 10.0. The Morgan fingerprint density at radius 3 is 2.67 bits per heavy atom. The third-order valence-electron chi connectivity index (χ3n) is 4.78. The molecule has 0 spiro atoms. The van der Waals surface area contributed by atoms with E-state index in [2.05, 4.69) is 33.0 Å². The van der Waals surface area contributed by atoms with Gasteiger partial charge in [-0.25, -0.2) is 0 Å². The van der Waals surface area contributed by atoms with Gasteiger partial charge >= 0.3 is 0 Å². The van der Waals surface area contributed by atoms with Crippen LogP contribution in [0.3, 0.4) is 0 Å². The number of aryl methyl sites for hydroxylation is 1. The summed E-state index contributed by atoms with van der Waals surface area (Å²) in [6.45, 7) is 5.27. The fraction of sp³-hybridized carbons (Fsp3) is 0.556. The minimum atomic E-state index is -0.364. The molecule has 2 aliphatic rings. The molecule has 0 unspecified atom stereocenters. The zero-order valence-electron chi connectivity index (χ0n) is 14.1. The summed E-state index contributed by atoms with van der Waals surface area (Å²) in [6, 6.07) is 2.02. The number of terminal acetylenes is 1. The molecule has 0 atom stereocenters. The zero-order chi connectivity index (χ0) is 17.0. The predicted molar refractivity (Wildman–Crippen MR) is 92.7 cm³/mol. The lowest BCUT2D eigenvalue weighted by Gasteiger charge is -2.36. The van der Waals surface area contributed by atoms with Gasteiger partial charge in [-0.05, 0) is 18.6 Å². The average molecular weight is 325 g/mol. The van der Waals surface area contributed by atoms with Gasteiger partial charge in [-0.3, -0.25) is 9.78 Å². The first kappa shape index (κ1) is 16.4. The molecule has 1 amide bonds. The number of amides is 1. The molecule has 24 heavy (non-hydrogen) atoms. The van der Waals surface area contributed by atoms with Crippen molar-refractivity contribution in [2.24, 2.45) is 10.2 Å². The maximum absolute atomic E-state index is 12.4. The molecule has 6 heteroatoms. The molecule has 0 N–H and O–H groups in total. The molecule has 0 bridgehead atoms. The largest absolute Gasteiger partial charge is 0.367 e. The highest BCUT2D eigenvalue weighted by Crippen LogP contribution is 2.37. The van der Waals surface area contributed by atoms with Crippen LogP contribution in [0, 0.1) is 19.3 Å². The molecule has 6 nitrogen and oxygen atoms in total. The Balaban J connectivity index is 1.46.